The molecule has 1 heterocycles. The van der Waals surface area contributed by atoms with E-state index in [-0.39, 0.29) is 12.2 Å². The van der Waals surface area contributed by atoms with Gasteiger partial charge < -0.3 is 9.67 Å². The van der Waals surface area contributed by atoms with Crippen molar-refractivity contribution in [1.82, 2.24) is 4.57 Å². The van der Waals surface area contributed by atoms with Gasteiger partial charge in [-0.1, -0.05) is 72.8 Å². The summed E-state index contributed by atoms with van der Waals surface area (Å²) in [6.07, 6.45) is -0.902. The highest BCUT2D eigenvalue weighted by atomic mass is 19.4. The van der Waals surface area contributed by atoms with E-state index < -0.39 is 17.7 Å². The Balaban J connectivity index is 1.85. The van der Waals surface area contributed by atoms with Gasteiger partial charge in [-0.25, -0.2) is 4.79 Å². The molecule has 3 aromatic carbocycles. The molecule has 0 bridgehead atoms. The lowest BCUT2D eigenvalue weighted by Crippen LogP contribution is -2.12. The summed E-state index contributed by atoms with van der Waals surface area (Å²) in [6.45, 7) is 0.00520. The lowest BCUT2D eigenvalue weighted by Gasteiger charge is -2.12. The third kappa shape index (κ3) is 4.23. The zero-order valence-electron chi connectivity index (χ0n) is 16.3. The molecule has 0 saturated heterocycles. The lowest BCUT2D eigenvalue weighted by atomic mass is 10.1. The number of para-hydroxylation sites is 1. The first-order valence-electron chi connectivity index (χ1n) is 9.58. The largest absolute Gasteiger partial charge is 0.477 e. The van der Waals surface area contributed by atoms with Gasteiger partial charge in [0.2, 0.25) is 0 Å². The van der Waals surface area contributed by atoms with Crippen LogP contribution in [0.25, 0.3) is 23.1 Å². The van der Waals surface area contributed by atoms with Crippen LogP contribution in [-0.2, 0) is 12.7 Å². The van der Waals surface area contributed by atoms with E-state index in [1.165, 1.54) is 6.07 Å². The zero-order chi connectivity index (χ0) is 22.0. The molecule has 3 nitrogen and oxygen atoms in total. The van der Waals surface area contributed by atoms with Crippen molar-refractivity contribution < 1.29 is 23.1 Å². The fourth-order valence-electron chi connectivity index (χ4n) is 3.67. The number of fused-ring (bicyclic) bond motifs is 1. The molecule has 0 spiro atoms. The van der Waals surface area contributed by atoms with Gasteiger partial charge in [0.25, 0.3) is 0 Å². The highest BCUT2D eigenvalue weighted by Gasteiger charge is 2.30. The molecule has 0 atom stereocenters. The van der Waals surface area contributed by atoms with Crippen molar-refractivity contribution in [3.8, 4) is 0 Å². The van der Waals surface area contributed by atoms with E-state index in [1.807, 2.05) is 48.5 Å². The second-order valence-electron chi connectivity index (χ2n) is 7.11. The molecule has 0 saturated carbocycles. The first-order chi connectivity index (χ1) is 14.8. The first-order valence-corrected chi connectivity index (χ1v) is 9.58. The third-order valence-corrected chi connectivity index (χ3v) is 5.05. The number of hydrogen-bond acceptors (Lipinski definition) is 1. The van der Waals surface area contributed by atoms with Crippen LogP contribution < -0.4 is 0 Å². The van der Waals surface area contributed by atoms with Crippen molar-refractivity contribution in [2.75, 3.05) is 0 Å². The standard InChI is InChI=1S/C25H18F3NO2/c26-25(27,28)19-10-6-9-18(15-19)16-29-22-12-5-4-11-20(22)21(23(29)24(30)31)14-13-17-7-2-1-3-8-17/h1-15H,16H2,(H,30,31)/b14-13+. The topological polar surface area (TPSA) is 42.2 Å². The van der Waals surface area contributed by atoms with Crippen molar-refractivity contribution in [3.05, 3.63) is 107 Å². The van der Waals surface area contributed by atoms with Gasteiger partial charge in [-0.2, -0.15) is 13.2 Å². The smallest absolute Gasteiger partial charge is 0.416 e. The summed E-state index contributed by atoms with van der Waals surface area (Å²) in [5.41, 5.74) is 1.71. The minimum atomic E-state index is -4.46. The van der Waals surface area contributed by atoms with Gasteiger partial charge >= 0.3 is 12.1 Å². The summed E-state index contributed by atoms with van der Waals surface area (Å²) in [4.78, 5) is 12.2. The number of carboxylic acids is 1. The van der Waals surface area contributed by atoms with Crippen molar-refractivity contribution in [2.24, 2.45) is 0 Å². The molecular weight excluding hydrogens is 403 g/mol. The number of rotatable bonds is 5. The Hall–Kier alpha value is -3.80. The van der Waals surface area contributed by atoms with Crippen molar-refractivity contribution in [3.63, 3.8) is 0 Å². The molecular formula is C25H18F3NO2. The monoisotopic (exact) mass is 421 g/mol. The minimum absolute atomic E-state index is 0.00520. The molecule has 4 aromatic rings. The Kier molecular flexibility index (Phi) is 5.38. The molecule has 0 radical (unpaired) electrons. The quantitative estimate of drug-likeness (QED) is 0.396. The molecule has 0 aliphatic carbocycles. The van der Waals surface area contributed by atoms with Crippen molar-refractivity contribution in [1.29, 1.82) is 0 Å². The SMILES string of the molecule is O=C(O)c1c(/C=C/c2ccccc2)c2ccccc2n1Cc1cccc(C(F)(F)F)c1. The molecule has 6 heteroatoms. The number of halogens is 3. The maximum Gasteiger partial charge on any atom is 0.416 e. The fourth-order valence-corrected chi connectivity index (χ4v) is 3.67. The summed E-state index contributed by atoms with van der Waals surface area (Å²) in [5, 5.41) is 10.7. The number of hydrogen-bond donors (Lipinski definition) is 1. The first kappa shape index (κ1) is 20.5. The van der Waals surface area contributed by atoms with Crippen LogP contribution in [0.2, 0.25) is 0 Å². The van der Waals surface area contributed by atoms with Crippen LogP contribution in [0.3, 0.4) is 0 Å². The maximum atomic E-state index is 13.1. The van der Waals surface area contributed by atoms with E-state index in [1.54, 1.807) is 28.8 Å². The molecule has 0 amide bonds. The number of carboxylic acid groups (broad SMARTS) is 1. The molecule has 0 aliphatic rings. The number of carbonyl (C=O) groups is 1. The minimum Gasteiger partial charge on any atom is -0.477 e. The summed E-state index contributed by atoms with van der Waals surface area (Å²) in [6, 6.07) is 21.6. The molecule has 0 fully saturated rings. The van der Waals surface area contributed by atoms with Gasteiger partial charge in [-0.3, -0.25) is 0 Å². The van der Waals surface area contributed by atoms with Crippen LogP contribution in [0, 0.1) is 0 Å². The van der Waals surface area contributed by atoms with E-state index in [2.05, 4.69) is 0 Å². The molecule has 0 aliphatic heterocycles. The van der Waals surface area contributed by atoms with Crippen LogP contribution in [-0.4, -0.2) is 15.6 Å². The van der Waals surface area contributed by atoms with Crippen LogP contribution in [0.5, 0.6) is 0 Å². The van der Waals surface area contributed by atoms with Gasteiger partial charge in [0.1, 0.15) is 5.69 Å². The Morgan fingerprint density at radius 1 is 0.903 bits per heavy atom. The molecule has 1 aromatic heterocycles. The Morgan fingerprint density at radius 2 is 1.61 bits per heavy atom. The maximum absolute atomic E-state index is 13.1. The van der Waals surface area contributed by atoms with E-state index in [0.29, 0.717) is 16.6 Å². The highest BCUT2D eigenvalue weighted by Crippen LogP contribution is 2.32. The van der Waals surface area contributed by atoms with E-state index in [4.69, 9.17) is 0 Å². The Labute approximate surface area is 176 Å². The van der Waals surface area contributed by atoms with Crippen molar-refractivity contribution in [2.45, 2.75) is 12.7 Å². The third-order valence-electron chi connectivity index (χ3n) is 5.05. The van der Waals surface area contributed by atoms with Crippen LogP contribution in [0.4, 0.5) is 13.2 Å². The molecule has 31 heavy (non-hydrogen) atoms. The number of aromatic carboxylic acids is 1. The normalized spacial score (nSPS) is 12.0. The van der Waals surface area contributed by atoms with Gasteiger partial charge in [0.15, 0.2) is 0 Å². The van der Waals surface area contributed by atoms with E-state index in [9.17, 15) is 23.1 Å². The van der Waals surface area contributed by atoms with Gasteiger partial charge in [0, 0.05) is 23.0 Å². The molecule has 0 unspecified atom stereocenters. The average molecular weight is 421 g/mol. The molecule has 1 N–H and O–H groups in total. The van der Waals surface area contributed by atoms with Crippen LogP contribution in [0.1, 0.15) is 32.7 Å². The molecule has 4 rings (SSSR count). The summed E-state index contributed by atoms with van der Waals surface area (Å²) in [5.74, 6) is -1.14. The number of alkyl halides is 3. The Bertz CT molecular complexity index is 1270. The second-order valence-corrected chi connectivity index (χ2v) is 7.11. The fraction of sp³-hybridized carbons (Fsp3) is 0.0800. The highest BCUT2D eigenvalue weighted by molar-refractivity contribution is 6.04. The van der Waals surface area contributed by atoms with Crippen LogP contribution in [0.15, 0.2) is 78.9 Å². The summed E-state index contributed by atoms with van der Waals surface area (Å²) < 4.78 is 40.9. The second kappa shape index (κ2) is 8.14. The van der Waals surface area contributed by atoms with Crippen molar-refractivity contribution >= 4 is 29.0 Å². The average Bonchev–Trinajstić information content (AvgIpc) is 3.06. The van der Waals surface area contributed by atoms with Gasteiger partial charge in [-0.05, 0) is 29.3 Å². The summed E-state index contributed by atoms with van der Waals surface area (Å²) in [7, 11) is 0. The molecule has 156 valence electrons. The van der Waals surface area contributed by atoms with E-state index in [0.717, 1.165) is 23.1 Å². The zero-order valence-corrected chi connectivity index (χ0v) is 16.3. The van der Waals surface area contributed by atoms with Gasteiger partial charge in [-0.15, -0.1) is 0 Å². The van der Waals surface area contributed by atoms with Crippen LogP contribution >= 0.6 is 0 Å². The van der Waals surface area contributed by atoms with Gasteiger partial charge in [0.05, 0.1) is 5.56 Å². The van der Waals surface area contributed by atoms with E-state index >= 15 is 0 Å². The Morgan fingerprint density at radius 3 is 2.32 bits per heavy atom. The predicted octanol–water partition coefficient (Wildman–Crippen LogP) is 6.58. The number of nitrogens with zero attached hydrogens (tertiary/aromatic N) is 1. The number of benzene rings is 3. The predicted molar refractivity (Wildman–Crippen MR) is 115 cm³/mol. The lowest BCUT2D eigenvalue weighted by molar-refractivity contribution is -0.137. The summed E-state index contributed by atoms with van der Waals surface area (Å²) >= 11 is 0. The number of aromatic nitrogens is 1.